The van der Waals surface area contributed by atoms with Crippen molar-refractivity contribution in [2.45, 2.75) is 159 Å². The lowest BCUT2D eigenvalue weighted by molar-refractivity contribution is -0.157. The lowest BCUT2D eigenvalue weighted by atomic mass is 10.0. The highest BCUT2D eigenvalue weighted by Gasteiger charge is 2.36. The average Bonchev–Trinajstić information content (AvgIpc) is 3.26. The number of carbonyl (C=O) groups is 6. The molecule has 2 aliphatic rings. The van der Waals surface area contributed by atoms with Crippen LogP contribution in [0.3, 0.4) is 0 Å². The number of hydrazine groups is 2. The van der Waals surface area contributed by atoms with Gasteiger partial charge in [0.05, 0.1) is 17.5 Å². The van der Waals surface area contributed by atoms with Crippen LogP contribution in [0.5, 0.6) is 0 Å². The number of halogens is 3. The van der Waals surface area contributed by atoms with Crippen molar-refractivity contribution in [3.8, 4) is 0 Å². The van der Waals surface area contributed by atoms with Crippen LogP contribution in [0.25, 0.3) is 33.7 Å². The maximum atomic E-state index is 13.1. The molecule has 0 saturated carbocycles. The summed E-state index contributed by atoms with van der Waals surface area (Å²) in [6.07, 6.45) is 13.7. The van der Waals surface area contributed by atoms with Gasteiger partial charge < -0.3 is 34.7 Å². The molecule has 86 heavy (non-hydrogen) atoms. The lowest BCUT2D eigenvalue weighted by Crippen LogP contribution is -2.60. The third-order valence-corrected chi connectivity index (χ3v) is 14.3. The van der Waals surface area contributed by atoms with Crippen molar-refractivity contribution in [1.29, 1.82) is 0 Å². The van der Waals surface area contributed by atoms with Gasteiger partial charge in [0.15, 0.2) is 0 Å². The van der Waals surface area contributed by atoms with Crippen LogP contribution in [0.4, 0.5) is 0 Å². The van der Waals surface area contributed by atoms with Gasteiger partial charge in [-0.25, -0.2) is 10.9 Å². The normalized spacial score (nSPS) is 17.2. The Hall–Kier alpha value is -6.29. The highest BCUT2D eigenvalue weighted by molar-refractivity contribution is 6.67. The Kier molecular flexibility index (Phi) is 30.3. The topological polar surface area (TPSA) is 240 Å². The van der Waals surface area contributed by atoms with E-state index in [1.165, 1.54) is 10.0 Å². The molecular formula is C64H87Cl3N8O11. The SMILES string of the molecule is C=CCCCO[C@H](C(=O)N[C@@H](C)C(=O)N1CCC[C@@H](C(=O)OCC(Cl)(Cl)Cl)N1)C(C)C.C=CCCCO[C@H](C(=O)N[C@@H](C)C(=O)N1CCC[C@@H](C(=O)O[C@H](C)c2ccc3cnc(C=C)cc3c2)N1)C(C)C.C=Cc1cc2cc([C@@H](C)O)ccc2cn1. The fourth-order valence-corrected chi connectivity index (χ4v) is 9.26. The monoisotopic (exact) mass is 1250 g/mol. The van der Waals surface area contributed by atoms with E-state index in [1.807, 2.05) is 95.4 Å². The van der Waals surface area contributed by atoms with Crippen LogP contribution < -0.4 is 21.5 Å². The van der Waals surface area contributed by atoms with Crippen molar-refractivity contribution in [3.05, 3.63) is 122 Å². The number of alkyl halides is 3. The molecule has 0 radical (unpaired) electrons. The summed E-state index contributed by atoms with van der Waals surface area (Å²) in [7, 11) is 0. The molecule has 8 atom stereocenters. The predicted octanol–water partition coefficient (Wildman–Crippen LogP) is 10.3. The number of aliphatic hydroxyl groups is 1. The smallest absolute Gasteiger partial charge is 0.325 e. The minimum absolute atomic E-state index is 0.0522. The van der Waals surface area contributed by atoms with Crippen molar-refractivity contribution in [2.24, 2.45) is 11.8 Å². The summed E-state index contributed by atoms with van der Waals surface area (Å²) in [6.45, 7) is 30.5. The largest absolute Gasteiger partial charge is 0.460 e. The Morgan fingerprint density at radius 3 is 1.49 bits per heavy atom. The summed E-state index contributed by atoms with van der Waals surface area (Å²) in [5.74, 6) is -2.55. The number of allylic oxidation sites excluding steroid dienone is 2. The Morgan fingerprint density at radius 1 is 0.651 bits per heavy atom. The second-order valence-electron chi connectivity index (χ2n) is 21.8. The molecular weight excluding hydrogens is 1160 g/mol. The molecule has 2 aromatic carbocycles. The van der Waals surface area contributed by atoms with Crippen molar-refractivity contribution >= 4 is 104 Å². The zero-order valence-electron chi connectivity index (χ0n) is 50.8. The van der Waals surface area contributed by atoms with Gasteiger partial charge in [0.25, 0.3) is 11.8 Å². The van der Waals surface area contributed by atoms with Crippen LogP contribution in [0.1, 0.15) is 141 Å². The summed E-state index contributed by atoms with van der Waals surface area (Å²) in [5.41, 5.74) is 9.24. The predicted molar refractivity (Wildman–Crippen MR) is 339 cm³/mol. The fourth-order valence-electron chi connectivity index (χ4n) is 9.10. The van der Waals surface area contributed by atoms with Crippen LogP contribution in [0.15, 0.2) is 99.4 Å². The number of aliphatic hydroxyl groups excluding tert-OH is 1. The number of pyridine rings is 2. The van der Waals surface area contributed by atoms with Crippen molar-refractivity contribution in [1.82, 2.24) is 41.5 Å². The second kappa shape index (κ2) is 36.1. The van der Waals surface area contributed by atoms with E-state index in [1.54, 1.807) is 45.2 Å². The molecule has 2 saturated heterocycles. The molecule has 0 bridgehead atoms. The number of ether oxygens (including phenoxy) is 4. The quantitative estimate of drug-likeness (QED) is 0.0170. The summed E-state index contributed by atoms with van der Waals surface area (Å²) < 4.78 is 20.5. The number of carbonyl (C=O) groups excluding carboxylic acids is 6. The number of nitrogens with one attached hydrogen (secondary N) is 4. The lowest BCUT2D eigenvalue weighted by Gasteiger charge is -2.35. The molecule has 22 heteroatoms. The number of amides is 4. The standard InChI is InChI=1S/C31H42N4O5.C20H32Cl3N3O5.C13H13NO/c1-7-9-10-16-39-28(20(3)4)29(36)33-21(5)30(37)35-15-11-12-27(34-35)31(38)40-22(6)23-13-14-24-19-32-26(8-2)18-25(24)17-23;1-5-6-7-11-30-16(13(2)3)17(27)24-14(4)18(28)26-10-8-9-15(25-26)19(29)31-12-20(21,22)23;1-3-13-7-12-6-10(9(2)15)4-5-11(12)8-14-13/h7-8,13-14,17-22,27-28,34H,1-2,9-12,15-16H2,3-6H3,(H,33,36);5,13-16,25H,1,6-12H2,2-4H3,(H,24,27);3-9,15H,1H2,2H3/t21-,22+,27-,28-;14-,15-,16-;9-/m001/s1. The van der Waals surface area contributed by atoms with Gasteiger partial charge in [-0.2, -0.15) is 0 Å². The van der Waals surface area contributed by atoms with Gasteiger partial charge in [-0.1, -0.05) is 112 Å². The molecule has 2 aromatic heterocycles. The van der Waals surface area contributed by atoms with Gasteiger partial charge in [-0.3, -0.25) is 48.8 Å². The van der Waals surface area contributed by atoms with Crippen molar-refractivity contribution < 1.29 is 52.8 Å². The van der Waals surface area contributed by atoms with E-state index in [0.717, 1.165) is 69.7 Å². The molecule has 6 rings (SSSR count). The van der Waals surface area contributed by atoms with Gasteiger partial charge >= 0.3 is 11.9 Å². The first-order valence-electron chi connectivity index (χ1n) is 29.2. The number of esters is 2. The van der Waals surface area contributed by atoms with E-state index < -0.39 is 70.9 Å². The number of benzene rings is 2. The molecule has 4 amide bonds. The minimum Gasteiger partial charge on any atom is -0.460 e. The van der Waals surface area contributed by atoms with Gasteiger partial charge in [0.2, 0.25) is 15.6 Å². The summed E-state index contributed by atoms with van der Waals surface area (Å²) in [6, 6.07) is 12.6. The fraction of sp³-hybridized carbons (Fsp3) is 0.500. The van der Waals surface area contributed by atoms with Gasteiger partial charge in [-0.05, 0) is 149 Å². The Bertz CT molecular complexity index is 2940. The third kappa shape index (κ3) is 23.4. The number of aromatic nitrogens is 2. The Balaban J connectivity index is 0.000000303. The Labute approximate surface area is 521 Å². The molecule has 470 valence electrons. The van der Waals surface area contributed by atoms with E-state index in [4.69, 9.17) is 53.8 Å². The number of rotatable bonds is 26. The number of hydrogen-bond acceptors (Lipinski definition) is 15. The Morgan fingerprint density at radius 2 is 1.08 bits per heavy atom. The van der Waals surface area contributed by atoms with Crippen LogP contribution in [0.2, 0.25) is 0 Å². The maximum absolute atomic E-state index is 13.1. The molecule has 4 aromatic rings. The number of fused-ring (bicyclic) bond motifs is 2. The summed E-state index contributed by atoms with van der Waals surface area (Å²) in [5, 5.41) is 21.8. The van der Waals surface area contributed by atoms with E-state index in [9.17, 15) is 33.9 Å². The van der Waals surface area contributed by atoms with E-state index in [-0.39, 0.29) is 35.5 Å². The van der Waals surface area contributed by atoms with Crippen LogP contribution >= 0.6 is 34.8 Å². The van der Waals surface area contributed by atoms with Gasteiger partial charge in [0.1, 0.15) is 49.1 Å². The number of hydrogen-bond donors (Lipinski definition) is 5. The zero-order valence-corrected chi connectivity index (χ0v) is 53.1. The molecule has 2 fully saturated rings. The average molecular weight is 1250 g/mol. The number of nitrogens with zero attached hydrogens (tertiary/aromatic N) is 4. The van der Waals surface area contributed by atoms with Gasteiger partial charge in [-0.15, -0.1) is 13.2 Å². The van der Waals surface area contributed by atoms with E-state index >= 15 is 0 Å². The summed E-state index contributed by atoms with van der Waals surface area (Å²) in [4.78, 5) is 85.2. The van der Waals surface area contributed by atoms with Crippen LogP contribution in [0, 0.1) is 11.8 Å². The molecule has 0 aliphatic carbocycles. The first-order valence-corrected chi connectivity index (χ1v) is 30.3. The van der Waals surface area contributed by atoms with E-state index in [0.29, 0.717) is 52.0 Å². The molecule has 4 heterocycles. The molecule has 0 spiro atoms. The van der Waals surface area contributed by atoms with Crippen molar-refractivity contribution in [3.63, 3.8) is 0 Å². The third-order valence-electron chi connectivity index (χ3n) is 13.9. The first kappa shape index (κ1) is 72.2. The minimum atomic E-state index is -1.71. The highest BCUT2D eigenvalue weighted by Crippen LogP contribution is 2.28. The van der Waals surface area contributed by atoms with Gasteiger partial charge in [0, 0.05) is 49.5 Å². The van der Waals surface area contributed by atoms with Crippen LogP contribution in [-0.2, 0) is 47.7 Å². The van der Waals surface area contributed by atoms with Crippen molar-refractivity contribution in [2.75, 3.05) is 32.9 Å². The second-order valence-corrected chi connectivity index (χ2v) is 24.4. The molecule has 2 aliphatic heterocycles. The highest BCUT2D eigenvalue weighted by atomic mass is 35.6. The molecule has 5 N–H and O–H groups in total. The molecule has 0 unspecified atom stereocenters. The maximum Gasteiger partial charge on any atom is 0.325 e. The van der Waals surface area contributed by atoms with E-state index in [2.05, 4.69) is 57.8 Å². The molecule has 19 nitrogen and oxygen atoms in total. The zero-order chi connectivity index (χ0) is 63.7. The first-order chi connectivity index (χ1) is 40.8. The number of unbranched alkanes of at least 4 members (excludes halogenated alkanes) is 2. The van der Waals surface area contributed by atoms with Crippen LogP contribution in [-0.4, -0.2) is 134 Å². The summed E-state index contributed by atoms with van der Waals surface area (Å²) >= 11 is 16.8.